The third-order valence-electron chi connectivity index (χ3n) is 3.12. The molecule has 0 saturated carbocycles. The van der Waals surface area contributed by atoms with Crippen LogP contribution in [0.3, 0.4) is 0 Å². The second-order valence-corrected chi connectivity index (χ2v) is 6.95. The number of hydrogen-bond acceptors (Lipinski definition) is 6. The number of rotatable bonds is 9. The second-order valence-electron chi connectivity index (χ2n) is 6.95. The van der Waals surface area contributed by atoms with Crippen LogP contribution in [0.5, 0.6) is 11.5 Å². The minimum atomic E-state index is -0.506. The highest BCUT2D eigenvalue weighted by atomic mass is 16.6. The molecule has 0 unspecified atom stereocenters. The van der Waals surface area contributed by atoms with E-state index in [-0.39, 0.29) is 36.7 Å². The average Bonchev–Trinajstić information content (AvgIpc) is 2.55. The molecule has 7 heteroatoms. The third kappa shape index (κ3) is 9.44. The molecule has 1 aromatic carbocycles. The fraction of sp³-hybridized carbons (Fsp3) is 0.450. The van der Waals surface area contributed by atoms with Gasteiger partial charge in [0.1, 0.15) is 19.0 Å². The van der Waals surface area contributed by atoms with Crippen molar-refractivity contribution in [2.45, 2.75) is 39.7 Å². The van der Waals surface area contributed by atoms with E-state index in [1.165, 1.54) is 20.1 Å². The fourth-order valence-electron chi connectivity index (χ4n) is 2.03. The molecule has 0 bridgehead atoms. The number of carbonyl (C=O) groups excluding carboxylic acids is 3. The lowest BCUT2D eigenvalue weighted by atomic mass is 10.1. The Labute approximate surface area is 159 Å². The second kappa shape index (κ2) is 10.4. The maximum atomic E-state index is 11.6. The maximum absolute atomic E-state index is 11.6. The van der Waals surface area contributed by atoms with Crippen LogP contribution in [0.15, 0.2) is 24.3 Å². The lowest BCUT2D eigenvalue weighted by molar-refractivity contribution is -0.123. The number of ether oxygens (including phenoxy) is 3. The number of hydrogen-bond donors (Lipinski definition) is 1. The zero-order valence-corrected chi connectivity index (χ0v) is 16.5. The van der Waals surface area contributed by atoms with Crippen LogP contribution in [-0.4, -0.2) is 43.5 Å². The number of alkyl carbamates (subject to hydrolysis) is 1. The molecule has 0 atom stereocenters. The zero-order chi connectivity index (χ0) is 20.4. The van der Waals surface area contributed by atoms with Crippen molar-refractivity contribution < 1.29 is 28.6 Å². The first-order valence-corrected chi connectivity index (χ1v) is 8.57. The molecule has 148 valence electrons. The molecule has 7 nitrogen and oxygen atoms in total. The third-order valence-corrected chi connectivity index (χ3v) is 3.12. The Morgan fingerprint density at radius 3 is 2.41 bits per heavy atom. The van der Waals surface area contributed by atoms with Crippen molar-refractivity contribution in [3.63, 3.8) is 0 Å². The van der Waals surface area contributed by atoms with Crippen LogP contribution in [0.25, 0.3) is 6.08 Å². The summed E-state index contributed by atoms with van der Waals surface area (Å²) in [5, 5.41) is 2.69. The predicted octanol–water partition coefficient (Wildman–Crippen LogP) is 3.16. The summed E-state index contributed by atoms with van der Waals surface area (Å²) in [6, 6.07) is 5.16. The van der Waals surface area contributed by atoms with E-state index in [9.17, 15) is 14.4 Å². The van der Waals surface area contributed by atoms with E-state index in [1.54, 1.807) is 24.3 Å². The molecule has 27 heavy (non-hydrogen) atoms. The minimum absolute atomic E-state index is 0.0896. The Balaban J connectivity index is 2.57. The van der Waals surface area contributed by atoms with Gasteiger partial charge in [-0.2, -0.15) is 0 Å². The van der Waals surface area contributed by atoms with Crippen molar-refractivity contribution in [3.8, 4) is 11.5 Å². The molecule has 1 amide bonds. The quantitative estimate of drug-likeness (QED) is 0.404. The number of ketones is 2. The molecule has 0 aliphatic carbocycles. The lowest BCUT2D eigenvalue weighted by Crippen LogP contribution is -2.41. The van der Waals surface area contributed by atoms with Crippen LogP contribution in [0.1, 0.15) is 39.7 Å². The first-order valence-electron chi connectivity index (χ1n) is 8.57. The van der Waals surface area contributed by atoms with Gasteiger partial charge in [0.15, 0.2) is 17.3 Å². The molecule has 0 saturated heterocycles. The lowest BCUT2D eigenvalue weighted by Gasteiger charge is -2.20. The Morgan fingerprint density at radius 2 is 1.81 bits per heavy atom. The topological polar surface area (TPSA) is 90.9 Å². The van der Waals surface area contributed by atoms with Gasteiger partial charge in [-0.25, -0.2) is 4.79 Å². The molecular weight excluding hydrogens is 350 g/mol. The number of nitrogens with one attached hydrogen (secondary N) is 1. The highest BCUT2D eigenvalue weighted by Gasteiger charge is 2.14. The molecule has 0 aliphatic rings. The van der Waals surface area contributed by atoms with Gasteiger partial charge in [-0.15, -0.1) is 0 Å². The molecule has 0 radical (unpaired) electrons. The van der Waals surface area contributed by atoms with E-state index in [1.807, 2.05) is 20.8 Å². The van der Waals surface area contributed by atoms with E-state index >= 15 is 0 Å². The van der Waals surface area contributed by atoms with Gasteiger partial charge in [0.05, 0.1) is 13.5 Å². The summed E-state index contributed by atoms with van der Waals surface area (Å²) in [5.74, 6) is 0.539. The van der Waals surface area contributed by atoms with E-state index in [4.69, 9.17) is 14.2 Å². The standard InChI is InChI=1S/C20H27NO6/c1-14(22)12-16(23)8-6-15-7-9-17(18(13-15)25-5)26-10-11-27-19(24)21-20(2,3)4/h6-9,13H,10-12H2,1-5H3,(H,21,24)/b8-6+. The molecule has 1 N–H and O–H groups in total. The number of allylic oxidation sites excluding steroid dienone is 1. The largest absolute Gasteiger partial charge is 0.493 e. The first-order chi connectivity index (χ1) is 12.6. The van der Waals surface area contributed by atoms with Crippen molar-refractivity contribution in [2.75, 3.05) is 20.3 Å². The SMILES string of the molecule is COc1cc(/C=C/C(=O)CC(C)=O)ccc1OCCOC(=O)NC(C)(C)C. The minimum Gasteiger partial charge on any atom is -0.493 e. The van der Waals surface area contributed by atoms with Crippen molar-refractivity contribution in [2.24, 2.45) is 0 Å². The molecule has 0 aliphatic heterocycles. The van der Waals surface area contributed by atoms with Gasteiger partial charge in [0.2, 0.25) is 0 Å². The summed E-state index contributed by atoms with van der Waals surface area (Å²) < 4.78 is 15.9. The van der Waals surface area contributed by atoms with Gasteiger partial charge in [0.25, 0.3) is 0 Å². The summed E-state index contributed by atoms with van der Waals surface area (Å²) in [7, 11) is 1.50. The molecule has 0 aromatic heterocycles. The molecular formula is C20H27NO6. The highest BCUT2D eigenvalue weighted by molar-refractivity contribution is 6.05. The first kappa shape index (κ1) is 22.2. The van der Waals surface area contributed by atoms with Crippen molar-refractivity contribution >= 4 is 23.7 Å². The molecule has 0 fully saturated rings. The van der Waals surface area contributed by atoms with E-state index in [0.29, 0.717) is 11.5 Å². The highest BCUT2D eigenvalue weighted by Crippen LogP contribution is 2.28. The van der Waals surface area contributed by atoms with E-state index < -0.39 is 6.09 Å². The number of methoxy groups -OCH3 is 1. The fourth-order valence-corrected chi connectivity index (χ4v) is 2.03. The predicted molar refractivity (Wildman–Crippen MR) is 102 cm³/mol. The van der Waals surface area contributed by atoms with Crippen molar-refractivity contribution in [1.82, 2.24) is 5.32 Å². The maximum Gasteiger partial charge on any atom is 0.407 e. The van der Waals surface area contributed by atoms with E-state index in [0.717, 1.165) is 5.56 Å². The normalized spacial score (nSPS) is 11.1. The number of carbonyl (C=O) groups is 3. The smallest absolute Gasteiger partial charge is 0.407 e. The van der Waals surface area contributed by atoms with Crippen LogP contribution >= 0.6 is 0 Å². The van der Waals surface area contributed by atoms with Crippen molar-refractivity contribution in [3.05, 3.63) is 29.8 Å². The molecule has 1 rings (SSSR count). The van der Waals surface area contributed by atoms with Gasteiger partial charge in [0, 0.05) is 5.54 Å². The zero-order valence-electron chi connectivity index (χ0n) is 16.5. The van der Waals surface area contributed by atoms with Gasteiger partial charge >= 0.3 is 6.09 Å². The van der Waals surface area contributed by atoms with Crippen LogP contribution in [-0.2, 0) is 14.3 Å². The van der Waals surface area contributed by atoms with Crippen LogP contribution in [0.4, 0.5) is 4.79 Å². The van der Waals surface area contributed by atoms with Gasteiger partial charge in [-0.05, 0) is 51.5 Å². The average molecular weight is 377 g/mol. The van der Waals surface area contributed by atoms with Crippen LogP contribution in [0.2, 0.25) is 0 Å². The summed E-state index contributed by atoms with van der Waals surface area (Å²) in [5.41, 5.74) is 0.368. The van der Waals surface area contributed by atoms with Crippen LogP contribution in [0, 0.1) is 0 Å². The van der Waals surface area contributed by atoms with E-state index in [2.05, 4.69) is 5.32 Å². The summed E-state index contributed by atoms with van der Waals surface area (Å²) in [6.45, 7) is 7.21. The molecule has 1 aromatic rings. The summed E-state index contributed by atoms with van der Waals surface area (Å²) in [4.78, 5) is 34.0. The molecule has 0 heterocycles. The Morgan fingerprint density at radius 1 is 1.11 bits per heavy atom. The Kier molecular flexibility index (Phi) is 8.51. The Hall–Kier alpha value is -2.83. The number of amides is 1. The monoisotopic (exact) mass is 377 g/mol. The van der Waals surface area contributed by atoms with Gasteiger partial charge < -0.3 is 19.5 Å². The van der Waals surface area contributed by atoms with Gasteiger partial charge in [-0.3, -0.25) is 9.59 Å². The summed E-state index contributed by atoms with van der Waals surface area (Å²) in [6.07, 6.45) is 2.35. The van der Waals surface area contributed by atoms with Gasteiger partial charge in [-0.1, -0.05) is 12.1 Å². The van der Waals surface area contributed by atoms with Crippen molar-refractivity contribution in [1.29, 1.82) is 0 Å². The summed E-state index contributed by atoms with van der Waals surface area (Å²) >= 11 is 0. The molecule has 0 spiro atoms. The number of benzene rings is 1. The number of Topliss-reactive ketones (excluding diaryl/α,β-unsaturated/α-hetero) is 1. The Bertz CT molecular complexity index is 703. The van der Waals surface area contributed by atoms with Crippen LogP contribution < -0.4 is 14.8 Å².